The Morgan fingerprint density at radius 1 is 0.262 bits per heavy atom. The highest BCUT2D eigenvalue weighted by atomic mass is 31.2. The molecule has 0 aliphatic rings. The predicted octanol–water partition coefficient (Wildman–Crippen LogP) is 25.6. The Morgan fingerprint density at radius 3 is 0.660 bits per heavy atom. The van der Waals surface area contributed by atoms with Gasteiger partial charge in [-0.25, -0.2) is 9.13 Å². The molecule has 0 saturated carbocycles. The summed E-state index contributed by atoms with van der Waals surface area (Å²) in [4.78, 5) is 73.2. The van der Waals surface area contributed by atoms with Crippen molar-refractivity contribution in [3.05, 3.63) is 0 Å². The number of aliphatic hydroxyl groups is 1. The Morgan fingerprint density at radius 2 is 0.447 bits per heavy atom. The summed E-state index contributed by atoms with van der Waals surface area (Å²) in [7, 11) is -9.92. The Labute approximate surface area is 632 Å². The second-order valence-electron chi connectivity index (χ2n) is 30.7. The van der Waals surface area contributed by atoms with Crippen molar-refractivity contribution in [2.24, 2.45) is 5.92 Å². The van der Waals surface area contributed by atoms with E-state index in [1.807, 2.05) is 0 Å². The normalized spacial score (nSPS) is 13.8. The Kier molecular flexibility index (Phi) is 75.4. The average molecular weight is 1510 g/mol. The number of esters is 4. The van der Waals surface area contributed by atoms with E-state index in [9.17, 15) is 43.2 Å². The second kappa shape index (κ2) is 76.8. The third kappa shape index (κ3) is 78.0. The second-order valence-corrected chi connectivity index (χ2v) is 33.6. The maximum atomic E-state index is 13.1. The van der Waals surface area contributed by atoms with Crippen molar-refractivity contribution in [2.45, 2.75) is 470 Å². The number of unbranched alkanes of at least 4 members (excludes halogenated alkanes) is 56. The van der Waals surface area contributed by atoms with Gasteiger partial charge in [-0.1, -0.05) is 401 Å². The number of rotatable bonds is 84. The molecule has 5 atom stereocenters. The van der Waals surface area contributed by atoms with Gasteiger partial charge in [0.1, 0.15) is 19.3 Å². The Balaban J connectivity index is 5.26. The van der Waals surface area contributed by atoms with E-state index in [-0.39, 0.29) is 25.7 Å². The lowest BCUT2D eigenvalue weighted by Crippen LogP contribution is -2.30. The van der Waals surface area contributed by atoms with Gasteiger partial charge in [0.25, 0.3) is 0 Å². The molecule has 0 bridgehead atoms. The molecule has 0 aromatic heterocycles. The summed E-state index contributed by atoms with van der Waals surface area (Å²) < 4.78 is 68.9. The van der Waals surface area contributed by atoms with Gasteiger partial charge in [0.15, 0.2) is 12.2 Å². The summed E-state index contributed by atoms with van der Waals surface area (Å²) in [6.45, 7) is 7.39. The van der Waals surface area contributed by atoms with Crippen LogP contribution in [0, 0.1) is 5.92 Å². The van der Waals surface area contributed by atoms with Crippen molar-refractivity contribution in [3.63, 3.8) is 0 Å². The van der Waals surface area contributed by atoms with Crippen LogP contribution in [0.1, 0.15) is 452 Å². The number of hydrogen-bond donors (Lipinski definition) is 3. The molecule has 0 aliphatic heterocycles. The van der Waals surface area contributed by atoms with Crippen LogP contribution < -0.4 is 0 Å². The molecule has 0 aromatic carbocycles. The van der Waals surface area contributed by atoms with Gasteiger partial charge < -0.3 is 33.8 Å². The van der Waals surface area contributed by atoms with Crippen LogP contribution in [0.4, 0.5) is 0 Å². The topological polar surface area (TPSA) is 237 Å². The van der Waals surface area contributed by atoms with E-state index in [1.54, 1.807) is 0 Å². The Hall–Kier alpha value is -1.94. The molecule has 0 aliphatic carbocycles. The lowest BCUT2D eigenvalue weighted by Gasteiger charge is -2.21. The van der Waals surface area contributed by atoms with Crippen LogP contribution in [0.25, 0.3) is 0 Å². The van der Waals surface area contributed by atoms with Crippen molar-refractivity contribution in [1.29, 1.82) is 0 Å². The van der Waals surface area contributed by atoms with E-state index < -0.39 is 97.5 Å². The molecule has 0 radical (unpaired) electrons. The number of aliphatic hydroxyl groups excluding tert-OH is 1. The zero-order valence-electron chi connectivity index (χ0n) is 67.5. The number of carbonyl (C=O) groups is 4. The van der Waals surface area contributed by atoms with E-state index >= 15 is 0 Å². The molecule has 103 heavy (non-hydrogen) atoms. The van der Waals surface area contributed by atoms with E-state index in [1.165, 1.54) is 276 Å². The minimum absolute atomic E-state index is 0.109. The lowest BCUT2D eigenvalue weighted by molar-refractivity contribution is -0.161. The average Bonchev–Trinajstić information content (AvgIpc) is 1.02. The monoisotopic (exact) mass is 1510 g/mol. The van der Waals surface area contributed by atoms with Gasteiger partial charge in [-0.15, -0.1) is 0 Å². The molecule has 0 rings (SSSR count). The zero-order valence-corrected chi connectivity index (χ0v) is 69.3. The fourth-order valence-electron chi connectivity index (χ4n) is 13.1. The molecule has 0 saturated heterocycles. The number of carbonyl (C=O) groups excluding carboxylic acids is 4. The third-order valence-electron chi connectivity index (χ3n) is 19.8. The molecule has 19 heteroatoms. The summed E-state index contributed by atoms with van der Waals surface area (Å²) in [5, 5.41) is 10.7. The molecule has 17 nitrogen and oxygen atoms in total. The first kappa shape index (κ1) is 101. The number of phosphoric ester groups is 2. The molecule has 0 aromatic rings. The van der Waals surface area contributed by atoms with Gasteiger partial charge in [0, 0.05) is 25.7 Å². The molecule has 0 spiro atoms. The van der Waals surface area contributed by atoms with Crippen molar-refractivity contribution in [1.82, 2.24) is 0 Å². The van der Waals surface area contributed by atoms with E-state index in [0.29, 0.717) is 25.7 Å². The molecule has 612 valence electrons. The predicted molar refractivity (Wildman–Crippen MR) is 423 cm³/mol. The largest absolute Gasteiger partial charge is 0.472 e. The number of hydrogen-bond acceptors (Lipinski definition) is 15. The van der Waals surface area contributed by atoms with Gasteiger partial charge in [0.2, 0.25) is 0 Å². The van der Waals surface area contributed by atoms with Crippen LogP contribution in [0.2, 0.25) is 0 Å². The molecule has 0 heterocycles. The summed E-state index contributed by atoms with van der Waals surface area (Å²) in [6, 6.07) is 0. The molecule has 3 N–H and O–H groups in total. The van der Waals surface area contributed by atoms with E-state index in [0.717, 1.165) is 95.8 Å². The summed E-state index contributed by atoms with van der Waals surface area (Å²) in [5.41, 5.74) is 0. The van der Waals surface area contributed by atoms with Crippen molar-refractivity contribution < 1.29 is 80.2 Å². The molecular formula is C84H164O17P2. The van der Waals surface area contributed by atoms with Crippen molar-refractivity contribution in [2.75, 3.05) is 39.6 Å². The van der Waals surface area contributed by atoms with Crippen LogP contribution in [0.5, 0.6) is 0 Å². The van der Waals surface area contributed by atoms with Crippen LogP contribution in [-0.4, -0.2) is 96.7 Å². The van der Waals surface area contributed by atoms with Gasteiger partial charge in [-0.3, -0.25) is 37.3 Å². The molecule has 0 fully saturated rings. The summed E-state index contributed by atoms with van der Waals surface area (Å²) >= 11 is 0. The number of ether oxygens (including phenoxy) is 4. The van der Waals surface area contributed by atoms with Gasteiger partial charge in [-0.2, -0.15) is 0 Å². The highest BCUT2D eigenvalue weighted by Gasteiger charge is 2.30. The number of phosphoric acid groups is 2. The van der Waals surface area contributed by atoms with E-state index in [4.69, 9.17) is 37.0 Å². The quantitative estimate of drug-likeness (QED) is 0.0222. The SMILES string of the molecule is CCCCCCCCCCCCCCCCCCC(=O)OC[C@H](COP(=O)(O)OC[C@@H](O)COP(=O)(O)OC[C@@H](COC(=O)CCCCCCCCCCCCCC)OC(=O)CCCCCCCCCCCCCCCCCC)OC(=O)CCCCCCCCCCCCCCCCCCC(C)C. The zero-order chi connectivity index (χ0) is 75.5. The van der Waals surface area contributed by atoms with Gasteiger partial charge in [-0.05, 0) is 31.6 Å². The van der Waals surface area contributed by atoms with Gasteiger partial charge in [0.05, 0.1) is 26.4 Å². The summed E-state index contributed by atoms with van der Waals surface area (Å²) in [5.74, 6) is -1.29. The first-order chi connectivity index (χ1) is 50.0. The first-order valence-electron chi connectivity index (χ1n) is 43.6. The van der Waals surface area contributed by atoms with E-state index in [2.05, 4.69) is 34.6 Å². The lowest BCUT2D eigenvalue weighted by atomic mass is 10.0. The minimum atomic E-state index is -4.96. The smallest absolute Gasteiger partial charge is 0.462 e. The van der Waals surface area contributed by atoms with Crippen LogP contribution in [0.15, 0.2) is 0 Å². The molecular weight excluding hydrogens is 1340 g/mol. The molecule has 2 unspecified atom stereocenters. The summed E-state index contributed by atoms with van der Waals surface area (Å²) in [6.07, 6.45) is 69.2. The van der Waals surface area contributed by atoms with Crippen LogP contribution in [-0.2, 0) is 65.4 Å². The standard InChI is InChI=1S/C84H164O17P2/c1-6-9-12-15-18-21-24-27-29-34-38-43-48-53-58-63-68-82(87)95-74-80(101-84(89)70-65-60-55-50-45-40-36-32-31-33-37-41-46-51-56-61-66-77(4)5)76-99-103(92,93)97-72-78(85)71-96-102(90,91)98-75-79(73-94-81(86)67-62-57-52-47-42-26-23-20-17-14-11-8-3)100-83(88)69-64-59-54-49-44-39-35-30-28-25-22-19-16-13-10-7-2/h77-80,85H,6-76H2,1-5H3,(H,90,91)(H,92,93)/t78-,79+,80+/m0/s1. The molecule has 0 amide bonds. The highest BCUT2D eigenvalue weighted by Crippen LogP contribution is 2.45. The fourth-order valence-corrected chi connectivity index (χ4v) is 14.7. The Bertz CT molecular complexity index is 1960. The van der Waals surface area contributed by atoms with Crippen LogP contribution in [0.3, 0.4) is 0 Å². The van der Waals surface area contributed by atoms with Crippen molar-refractivity contribution >= 4 is 39.5 Å². The third-order valence-corrected chi connectivity index (χ3v) is 21.7. The fraction of sp³-hybridized carbons (Fsp3) is 0.952. The maximum absolute atomic E-state index is 13.1. The first-order valence-corrected chi connectivity index (χ1v) is 46.6. The minimum Gasteiger partial charge on any atom is -0.462 e. The van der Waals surface area contributed by atoms with Crippen molar-refractivity contribution in [3.8, 4) is 0 Å². The van der Waals surface area contributed by atoms with Crippen LogP contribution >= 0.6 is 15.6 Å². The highest BCUT2D eigenvalue weighted by molar-refractivity contribution is 7.47. The maximum Gasteiger partial charge on any atom is 0.472 e. The van der Waals surface area contributed by atoms with Gasteiger partial charge >= 0.3 is 39.5 Å².